The van der Waals surface area contributed by atoms with Gasteiger partial charge in [0.1, 0.15) is 0 Å². The number of halogens is 2. The van der Waals surface area contributed by atoms with Crippen LogP contribution < -0.4 is 0 Å². The van der Waals surface area contributed by atoms with Gasteiger partial charge in [0.05, 0.1) is 10.8 Å². The largest absolute Gasteiger partial charge is 0.419 e. The Hall–Kier alpha value is -1.05. The minimum absolute atomic E-state index is 0.974. The summed E-state index contributed by atoms with van der Waals surface area (Å²) in [6.07, 6.45) is -2.92. The van der Waals surface area contributed by atoms with E-state index in [0.717, 1.165) is 0 Å². The Morgan fingerprint density at radius 2 is 1.27 bits per heavy atom. The SMILES string of the molecule is CC(C)(C)C(=O)OC(OC(=O)C(C)(C)C)OP(=O)(O)[C](F)F. The van der Waals surface area contributed by atoms with Crippen LogP contribution in [0, 0.1) is 17.0 Å². The zero-order valence-corrected chi connectivity index (χ0v) is 14.1. The first kappa shape index (κ1) is 20.9. The van der Waals surface area contributed by atoms with Crippen LogP contribution in [0.2, 0.25) is 0 Å². The third-order valence-corrected chi connectivity index (χ3v) is 2.96. The van der Waals surface area contributed by atoms with Crippen molar-refractivity contribution >= 4 is 19.5 Å². The lowest BCUT2D eigenvalue weighted by atomic mass is 9.97. The molecule has 0 bridgehead atoms. The Morgan fingerprint density at radius 3 is 1.50 bits per heavy atom. The summed E-state index contributed by atoms with van der Waals surface area (Å²) in [6.45, 7) is 6.29. The number of rotatable bonds is 5. The lowest BCUT2D eigenvalue weighted by molar-refractivity contribution is -0.246. The smallest absolute Gasteiger partial charge is 0.400 e. The summed E-state index contributed by atoms with van der Waals surface area (Å²) in [5, 5.41) is 0. The molecule has 0 spiro atoms. The lowest BCUT2D eigenvalue weighted by Crippen LogP contribution is -2.35. The van der Waals surface area contributed by atoms with Crippen molar-refractivity contribution in [3.8, 4) is 0 Å². The minimum Gasteiger partial charge on any atom is -0.400 e. The van der Waals surface area contributed by atoms with Crippen molar-refractivity contribution in [2.45, 2.75) is 48.0 Å². The topological polar surface area (TPSA) is 99.1 Å². The van der Waals surface area contributed by atoms with Crippen molar-refractivity contribution in [2.75, 3.05) is 0 Å². The standard InChI is InChI=1S/C12H20F2O7P/c1-11(2,3)7(15)19-10(20-8(16)12(4,5)6)21-22(17,18)9(13)14/h10H,1-6H3,(H,17,18). The molecule has 0 aromatic rings. The van der Waals surface area contributed by atoms with Gasteiger partial charge in [0.2, 0.25) is 0 Å². The van der Waals surface area contributed by atoms with Crippen molar-refractivity contribution in [1.29, 1.82) is 0 Å². The first-order valence-corrected chi connectivity index (χ1v) is 7.77. The maximum absolute atomic E-state index is 12.3. The van der Waals surface area contributed by atoms with E-state index in [0.29, 0.717) is 0 Å². The number of carbonyl (C=O) groups is 2. The van der Waals surface area contributed by atoms with Gasteiger partial charge in [-0.2, -0.15) is 8.78 Å². The summed E-state index contributed by atoms with van der Waals surface area (Å²) in [7, 11) is -5.51. The fourth-order valence-corrected chi connectivity index (χ4v) is 1.15. The summed E-state index contributed by atoms with van der Waals surface area (Å²) >= 11 is 0. The molecule has 7 nitrogen and oxygen atoms in total. The monoisotopic (exact) mass is 345 g/mol. The molecular weight excluding hydrogens is 325 g/mol. The first-order valence-electron chi connectivity index (χ1n) is 6.19. The van der Waals surface area contributed by atoms with Gasteiger partial charge >= 0.3 is 32.2 Å². The summed E-state index contributed by atoms with van der Waals surface area (Å²) in [4.78, 5) is 32.4. The van der Waals surface area contributed by atoms with Crippen LogP contribution in [0.4, 0.5) is 8.78 Å². The normalized spacial score (nSPS) is 15.6. The van der Waals surface area contributed by atoms with Gasteiger partial charge in [-0.25, -0.2) is 4.52 Å². The first-order chi connectivity index (χ1) is 9.57. The van der Waals surface area contributed by atoms with Crippen molar-refractivity contribution in [3.63, 3.8) is 0 Å². The lowest BCUT2D eigenvalue weighted by Gasteiger charge is -2.26. The summed E-state index contributed by atoms with van der Waals surface area (Å²) < 4.78 is 49.0. The average Bonchev–Trinajstić information content (AvgIpc) is 2.24. The molecule has 0 saturated carbocycles. The molecule has 129 valence electrons. The zero-order chi connectivity index (χ0) is 17.9. The van der Waals surface area contributed by atoms with Crippen molar-refractivity contribution < 1.29 is 41.8 Å². The van der Waals surface area contributed by atoms with Crippen LogP contribution in [0.5, 0.6) is 0 Å². The van der Waals surface area contributed by atoms with Gasteiger partial charge in [-0.1, -0.05) is 0 Å². The van der Waals surface area contributed by atoms with E-state index in [1.165, 1.54) is 41.5 Å². The molecule has 0 aliphatic rings. The van der Waals surface area contributed by atoms with Gasteiger partial charge in [0, 0.05) is 0 Å². The number of hydrogen-bond donors (Lipinski definition) is 1. The molecule has 0 rings (SSSR count). The fraction of sp³-hybridized carbons (Fsp3) is 0.750. The van der Waals surface area contributed by atoms with Gasteiger partial charge in [0.25, 0.3) is 0 Å². The molecular formula is C12H20F2O7P. The summed E-state index contributed by atoms with van der Waals surface area (Å²) in [5.41, 5.74) is -2.15. The van der Waals surface area contributed by atoms with Gasteiger partial charge < -0.3 is 14.4 Å². The van der Waals surface area contributed by atoms with Gasteiger partial charge in [-0.05, 0) is 41.5 Å². The number of esters is 2. The average molecular weight is 345 g/mol. The maximum atomic E-state index is 12.3. The maximum Gasteiger partial charge on any atom is 0.419 e. The van der Waals surface area contributed by atoms with E-state index in [-0.39, 0.29) is 0 Å². The number of ether oxygens (including phenoxy) is 2. The minimum atomic E-state index is -5.51. The number of hydrogen-bond acceptors (Lipinski definition) is 6. The Kier molecular flexibility index (Phi) is 6.68. The molecule has 0 heterocycles. The van der Waals surface area contributed by atoms with E-state index < -0.39 is 43.0 Å². The zero-order valence-electron chi connectivity index (χ0n) is 13.2. The highest BCUT2D eigenvalue weighted by molar-refractivity contribution is 7.55. The van der Waals surface area contributed by atoms with Gasteiger partial charge in [-0.15, -0.1) is 0 Å². The Bertz CT molecular complexity index is 437. The third-order valence-electron chi connectivity index (χ3n) is 2.07. The molecule has 1 atom stereocenters. The molecule has 1 radical (unpaired) electrons. The molecule has 0 amide bonds. The van der Waals surface area contributed by atoms with Crippen LogP contribution in [0.15, 0.2) is 0 Å². The van der Waals surface area contributed by atoms with E-state index in [9.17, 15) is 22.9 Å². The van der Waals surface area contributed by atoms with Gasteiger partial charge in [0.15, 0.2) is 0 Å². The second kappa shape index (κ2) is 7.02. The van der Waals surface area contributed by atoms with Crippen molar-refractivity contribution in [3.05, 3.63) is 6.17 Å². The molecule has 0 fully saturated rings. The Morgan fingerprint density at radius 1 is 0.955 bits per heavy atom. The highest BCUT2D eigenvalue weighted by Gasteiger charge is 2.42. The van der Waals surface area contributed by atoms with Crippen LogP contribution in [-0.4, -0.2) is 23.3 Å². The molecule has 0 aliphatic heterocycles. The summed E-state index contributed by atoms with van der Waals surface area (Å²) in [6, 6.07) is 0. The van der Waals surface area contributed by atoms with Crippen molar-refractivity contribution in [1.82, 2.24) is 0 Å². The molecule has 0 aromatic carbocycles. The van der Waals surface area contributed by atoms with E-state index in [1.807, 2.05) is 0 Å². The predicted octanol–water partition coefficient (Wildman–Crippen LogP) is 3.04. The van der Waals surface area contributed by atoms with E-state index in [1.54, 1.807) is 0 Å². The molecule has 0 aromatic heterocycles. The van der Waals surface area contributed by atoms with Crippen LogP contribution in [0.25, 0.3) is 0 Å². The Balaban J connectivity index is 5.21. The quantitative estimate of drug-likeness (QED) is 0.464. The predicted molar refractivity (Wildman–Crippen MR) is 71.3 cm³/mol. The highest BCUT2D eigenvalue weighted by atomic mass is 31.2. The van der Waals surface area contributed by atoms with Crippen LogP contribution >= 0.6 is 7.60 Å². The molecule has 22 heavy (non-hydrogen) atoms. The van der Waals surface area contributed by atoms with Crippen LogP contribution in [0.3, 0.4) is 0 Å². The number of carbonyl (C=O) groups excluding carboxylic acids is 2. The Labute approximate surface area is 127 Å². The second-order valence-corrected chi connectivity index (χ2v) is 8.06. The van der Waals surface area contributed by atoms with Crippen LogP contribution in [-0.2, 0) is 28.2 Å². The van der Waals surface area contributed by atoms with E-state index in [2.05, 4.69) is 14.0 Å². The fourth-order valence-electron chi connectivity index (χ4n) is 0.752. The van der Waals surface area contributed by atoms with Crippen molar-refractivity contribution in [2.24, 2.45) is 10.8 Å². The third kappa shape index (κ3) is 6.81. The van der Waals surface area contributed by atoms with Crippen LogP contribution in [0.1, 0.15) is 41.5 Å². The van der Waals surface area contributed by atoms with E-state index in [4.69, 9.17) is 4.89 Å². The molecule has 1 N–H and O–H groups in total. The van der Waals surface area contributed by atoms with Gasteiger partial charge in [-0.3, -0.25) is 14.2 Å². The molecule has 0 saturated heterocycles. The molecule has 10 heteroatoms. The second-order valence-electron chi connectivity index (χ2n) is 6.47. The highest BCUT2D eigenvalue weighted by Crippen LogP contribution is 2.55. The summed E-state index contributed by atoms with van der Waals surface area (Å²) in [5.74, 6) is -1.95. The molecule has 1 unspecified atom stereocenters. The van der Waals surface area contributed by atoms with E-state index >= 15 is 0 Å². The molecule has 0 aliphatic carbocycles.